The minimum Gasteiger partial charge on any atom is -0.493 e. The number of fused-ring (bicyclic) bond motifs is 1. The van der Waals surface area contributed by atoms with Gasteiger partial charge in [0.15, 0.2) is 11.5 Å². The predicted octanol–water partition coefficient (Wildman–Crippen LogP) is 5.11. The summed E-state index contributed by atoms with van der Waals surface area (Å²) in [7, 11) is 1.63. The quantitative estimate of drug-likeness (QED) is 0.627. The lowest BCUT2D eigenvalue weighted by molar-refractivity contribution is -0.114. The van der Waals surface area contributed by atoms with Crippen LogP contribution in [0.4, 0.5) is 5.69 Å². The molecule has 0 aromatic heterocycles. The number of para-hydroxylation sites is 1. The summed E-state index contributed by atoms with van der Waals surface area (Å²) in [6, 6.07) is 13.9. The summed E-state index contributed by atoms with van der Waals surface area (Å²) in [6.45, 7) is 5.76. The van der Waals surface area contributed by atoms with E-state index in [2.05, 4.69) is 19.9 Å². The average Bonchev–Trinajstić information content (AvgIpc) is 2.71. The fourth-order valence-corrected chi connectivity index (χ4v) is 3.33. The maximum atomic E-state index is 12.7. The zero-order valence-corrected chi connectivity index (χ0v) is 17.0. The number of rotatable bonds is 7. The minimum atomic E-state index is 0.00313. The molecule has 0 atom stereocenters. The molecular formula is C24H29NO3. The van der Waals surface area contributed by atoms with Gasteiger partial charge in [-0.3, -0.25) is 4.79 Å². The zero-order chi connectivity index (χ0) is 19.9. The van der Waals surface area contributed by atoms with Gasteiger partial charge in [0.05, 0.1) is 13.7 Å². The lowest BCUT2D eigenvalue weighted by Crippen LogP contribution is -2.34. The normalized spacial score (nSPS) is 13.6. The van der Waals surface area contributed by atoms with Gasteiger partial charge >= 0.3 is 0 Å². The first-order valence-corrected chi connectivity index (χ1v) is 9.97. The van der Waals surface area contributed by atoms with Crippen LogP contribution in [-0.4, -0.2) is 26.2 Å². The van der Waals surface area contributed by atoms with Crippen LogP contribution in [0, 0.1) is 5.92 Å². The van der Waals surface area contributed by atoms with E-state index in [4.69, 9.17) is 9.47 Å². The van der Waals surface area contributed by atoms with Crippen molar-refractivity contribution >= 4 is 17.7 Å². The number of nitrogens with zero attached hydrogens (tertiary/aromatic N) is 1. The smallest absolute Gasteiger partial charge is 0.250 e. The Morgan fingerprint density at radius 3 is 2.79 bits per heavy atom. The van der Waals surface area contributed by atoms with Gasteiger partial charge in [-0.05, 0) is 60.6 Å². The first-order chi connectivity index (χ1) is 13.6. The summed E-state index contributed by atoms with van der Waals surface area (Å²) in [5.74, 6) is 2.01. The van der Waals surface area contributed by atoms with E-state index in [1.165, 1.54) is 5.56 Å². The van der Waals surface area contributed by atoms with E-state index < -0.39 is 0 Å². The fourth-order valence-electron chi connectivity index (χ4n) is 3.33. The number of aryl methyl sites for hydroxylation is 1. The number of amides is 1. The first-order valence-electron chi connectivity index (χ1n) is 9.97. The number of ether oxygens (including phenoxy) is 2. The molecule has 0 saturated carbocycles. The Morgan fingerprint density at radius 2 is 2.00 bits per heavy atom. The van der Waals surface area contributed by atoms with E-state index >= 15 is 0 Å². The average molecular weight is 380 g/mol. The molecule has 0 fully saturated rings. The maximum Gasteiger partial charge on any atom is 0.250 e. The molecule has 4 heteroatoms. The molecular weight excluding hydrogens is 350 g/mol. The maximum absolute atomic E-state index is 12.7. The van der Waals surface area contributed by atoms with Gasteiger partial charge in [0, 0.05) is 18.3 Å². The van der Waals surface area contributed by atoms with Gasteiger partial charge in [-0.1, -0.05) is 38.1 Å². The minimum absolute atomic E-state index is 0.00313. The first kappa shape index (κ1) is 20.0. The predicted molar refractivity (Wildman–Crippen MR) is 114 cm³/mol. The van der Waals surface area contributed by atoms with E-state index in [1.54, 1.807) is 13.2 Å². The fraction of sp³-hybridized carbons (Fsp3) is 0.375. The third-order valence-corrected chi connectivity index (χ3v) is 4.94. The SMILES string of the molecule is COc1cc(/C=C/C(=O)N2CCCc3ccccc32)ccc1OCCC(C)C. The molecule has 2 aromatic carbocycles. The number of anilines is 1. The van der Waals surface area contributed by atoms with Gasteiger partial charge in [0.25, 0.3) is 5.91 Å². The van der Waals surface area contributed by atoms with E-state index in [1.807, 2.05) is 47.4 Å². The number of methoxy groups -OCH3 is 1. The Labute approximate surface area is 167 Å². The molecule has 0 unspecified atom stereocenters. The molecule has 0 radical (unpaired) electrons. The van der Waals surface area contributed by atoms with E-state index in [9.17, 15) is 4.79 Å². The molecule has 0 N–H and O–H groups in total. The summed E-state index contributed by atoms with van der Waals surface area (Å²) in [4.78, 5) is 14.6. The monoisotopic (exact) mass is 379 g/mol. The van der Waals surface area contributed by atoms with E-state index in [0.29, 0.717) is 18.3 Å². The van der Waals surface area contributed by atoms with Crippen LogP contribution in [0.5, 0.6) is 11.5 Å². The van der Waals surface area contributed by atoms with E-state index in [0.717, 1.165) is 42.8 Å². The van der Waals surface area contributed by atoms with Crippen LogP contribution < -0.4 is 14.4 Å². The second-order valence-corrected chi connectivity index (χ2v) is 7.50. The summed E-state index contributed by atoms with van der Waals surface area (Å²) in [5, 5.41) is 0. The molecule has 1 heterocycles. The van der Waals surface area contributed by atoms with Crippen molar-refractivity contribution in [1.82, 2.24) is 0 Å². The van der Waals surface area contributed by atoms with Crippen LogP contribution in [0.3, 0.4) is 0 Å². The van der Waals surface area contributed by atoms with Crippen molar-refractivity contribution in [1.29, 1.82) is 0 Å². The third kappa shape index (κ3) is 4.94. The van der Waals surface area contributed by atoms with Gasteiger partial charge in [-0.25, -0.2) is 0 Å². The molecule has 0 aliphatic carbocycles. The molecule has 148 valence electrons. The van der Waals surface area contributed by atoms with Crippen LogP contribution in [0.25, 0.3) is 6.08 Å². The number of hydrogen-bond donors (Lipinski definition) is 0. The van der Waals surface area contributed by atoms with Crippen LogP contribution in [-0.2, 0) is 11.2 Å². The number of carbonyl (C=O) groups excluding carboxylic acids is 1. The summed E-state index contributed by atoms with van der Waals surface area (Å²) < 4.78 is 11.3. The lowest BCUT2D eigenvalue weighted by atomic mass is 10.0. The molecule has 0 spiro atoms. The van der Waals surface area contributed by atoms with Crippen molar-refractivity contribution in [3.63, 3.8) is 0 Å². The summed E-state index contributed by atoms with van der Waals surface area (Å²) in [5.41, 5.74) is 3.17. The number of carbonyl (C=O) groups is 1. The van der Waals surface area contributed by atoms with Crippen molar-refractivity contribution in [3.8, 4) is 11.5 Å². The van der Waals surface area contributed by atoms with E-state index in [-0.39, 0.29) is 5.91 Å². The molecule has 4 nitrogen and oxygen atoms in total. The second kappa shape index (κ2) is 9.45. The largest absolute Gasteiger partial charge is 0.493 e. The Hall–Kier alpha value is -2.75. The van der Waals surface area contributed by atoms with Gasteiger partial charge in [0.1, 0.15) is 0 Å². The molecule has 1 aliphatic rings. The van der Waals surface area contributed by atoms with Gasteiger partial charge in [0.2, 0.25) is 0 Å². The number of hydrogen-bond acceptors (Lipinski definition) is 3. The molecule has 3 rings (SSSR count). The molecule has 0 saturated heterocycles. The van der Waals surface area contributed by atoms with Crippen LogP contribution in [0.2, 0.25) is 0 Å². The molecule has 1 aliphatic heterocycles. The van der Waals surface area contributed by atoms with Crippen LogP contribution in [0.1, 0.15) is 37.8 Å². The van der Waals surface area contributed by atoms with Crippen LogP contribution >= 0.6 is 0 Å². The highest BCUT2D eigenvalue weighted by Gasteiger charge is 2.20. The van der Waals surface area contributed by atoms with Crippen molar-refractivity contribution in [3.05, 3.63) is 59.7 Å². The highest BCUT2D eigenvalue weighted by molar-refractivity contribution is 6.04. The summed E-state index contributed by atoms with van der Waals surface area (Å²) >= 11 is 0. The van der Waals surface area contributed by atoms with Gasteiger partial charge in [-0.2, -0.15) is 0 Å². The molecule has 1 amide bonds. The zero-order valence-electron chi connectivity index (χ0n) is 17.0. The van der Waals surface area contributed by atoms with Crippen molar-refractivity contribution in [2.75, 3.05) is 25.2 Å². The highest BCUT2D eigenvalue weighted by atomic mass is 16.5. The lowest BCUT2D eigenvalue weighted by Gasteiger charge is -2.28. The Kier molecular flexibility index (Phi) is 6.75. The third-order valence-electron chi connectivity index (χ3n) is 4.94. The standard InChI is InChI=1S/C24H29NO3/c1-18(2)14-16-28-22-12-10-19(17-23(22)27-3)11-13-24(26)25-15-6-8-20-7-4-5-9-21(20)25/h4-5,7,9-13,17-18H,6,8,14-16H2,1-3H3/b13-11+. The topological polar surface area (TPSA) is 38.8 Å². The Morgan fingerprint density at radius 1 is 1.18 bits per heavy atom. The van der Waals surface area contributed by atoms with Crippen LogP contribution in [0.15, 0.2) is 48.5 Å². The van der Waals surface area contributed by atoms with Gasteiger partial charge < -0.3 is 14.4 Å². The number of benzene rings is 2. The van der Waals surface area contributed by atoms with Crippen molar-refractivity contribution in [2.45, 2.75) is 33.1 Å². The Balaban J connectivity index is 1.69. The van der Waals surface area contributed by atoms with Crippen molar-refractivity contribution < 1.29 is 14.3 Å². The van der Waals surface area contributed by atoms with Gasteiger partial charge in [-0.15, -0.1) is 0 Å². The molecule has 0 bridgehead atoms. The summed E-state index contributed by atoms with van der Waals surface area (Å²) in [6.07, 6.45) is 6.48. The highest BCUT2D eigenvalue weighted by Crippen LogP contribution is 2.30. The second-order valence-electron chi connectivity index (χ2n) is 7.50. The molecule has 28 heavy (non-hydrogen) atoms. The van der Waals surface area contributed by atoms with Crippen molar-refractivity contribution in [2.24, 2.45) is 5.92 Å². The molecule has 2 aromatic rings. The Bertz CT molecular complexity index is 841.